The SMILES string of the molecule is O=C(O)c1cc2ccccc2c(NCc2cccnc2)n1. The molecule has 5 heteroatoms. The summed E-state index contributed by atoms with van der Waals surface area (Å²) < 4.78 is 0. The Morgan fingerprint density at radius 2 is 2.05 bits per heavy atom. The number of benzene rings is 1. The zero-order valence-electron chi connectivity index (χ0n) is 11.2. The third-order valence-corrected chi connectivity index (χ3v) is 3.14. The Morgan fingerprint density at radius 1 is 1.19 bits per heavy atom. The fourth-order valence-corrected chi connectivity index (χ4v) is 2.13. The van der Waals surface area contributed by atoms with Gasteiger partial charge in [-0.2, -0.15) is 0 Å². The number of carbonyl (C=O) groups is 1. The molecular weight excluding hydrogens is 266 g/mol. The lowest BCUT2D eigenvalue weighted by Gasteiger charge is -2.10. The van der Waals surface area contributed by atoms with Crippen molar-refractivity contribution in [1.29, 1.82) is 0 Å². The van der Waals surface area contributed by atoms with Crippen molar-refractivity contribution in [3.63, 3.8) is 0 Å². The van der Waals surface area contributed by atoms with Crippen molar-refractivity contribution < 1.29 is 9.90 Å². The number of rotatable bonds is 4. The minimum absolute atomic E-state index is 0.0300. The summed E-state index contributed by atoms with van der Waals surface area (Å²) in [5, 5.41) is 14.1. The first-order valence-corrected chi connectivity index (χ1v) is 6.50. The van der Waals surface area contributed by atoms with Crippen molar-refractivity contribution in [1.82, 2.24) is 9.97 Å². The molecule has 0 saturated heterocycles. The van der Waals surface area contributed by atoms with Gasteiger partial charge in [0.1, 0.15) is 5.82 Å². The van der Waals surface area contributed by atoms with Gasteiger partial charge < -0.3 is 10.4 Å². The second-order valence-corrected chi connectivity index (χ2v) is 4.60. The molecule has 3 rings (SSSR count). The molecule has 0 bridgehead atoms. The molecule has 3 aromatic rings. The Bertz CT molecular complexity index is 788. The van der Waals surface area contributed by atoms with E-state index in [1.54, 1.807) is 18.5 Å². The van der Waals surface area contributed by atoms with Gasteiger partial charge in [0.05, 0.1) is 0 Å². The number of nitrogens with one attached hydrogen (secondary N) is 1. The van der Waals surface area contributed by atoms with Crippen molar-refractivity contribution in [3.05, 3.63) is 66.1 Å². The van der Waals surface area contributed by atoms with Crippen LogP contribution < -0.4 is 5.32 Å². The van der Waals surface area contributed by atoms with Gasteiger partial charge in [-0.1, -0.05) is 30.3 Å². The zero-order valence-corrected chi connectivity index (χ0v) is 11.2. The molecule has 104 valence electrons. The minimum Gasteiger partial charge on any atom is -0.477 e. The summed E-state index contributed by atoms with van der Waals surface area (Å²) >= 11 is 0. The van der Waals surface area contributed by atoms with Gasteiger partial charge in [0, 0.05) is 24.3 Å². The third kappa shape index (κ3) is 2.81. The largest absolute Gasteiger partial charge is 0.477 e. The molecule has 5 nitrogen and oxygen atoms in total. The van der Waals surface area contributed by atoms with E-state index in [9.17, 15) is 4.79 Å². The second-order valence-electron chi connectivity index (χ2n) is 4.60. The van der Waals surface area contributed by atoms with E-state index in [1.165, 1.54) is 0 Å². The second kappa shape index (κ2) is 5.58. The van der Waals surface area contributed by atoms with E-state index in [2.05, 4.69) is 15.3 Å². The van der Waals surface area contributed by atoms with Gasteiger partial charge in [0.2, 0.25) is 0 Å². The molecule has 0 amide bonds. The molecule has 0 aliphatic rings. The highest BCUT2D eigenvalue weighted by Crippen LogP contribution is 2.23. The van der Waals surface area contributed by atoms with Crippen LogP contribution in [0.3, 0.4) is 0 Å². The topological polar surface area (TPSA) is 75.1 Å². The Hall–Kier alpha value is -2.95. The average Bonchev–Trinajstić information content (AvgIpc) is 2.53. The molecule has 21 heavy (non-hydrogen) atoms. The summed E-state index contributed by atoms with van der Waals surface area (Å²) in [6.07, 6.45) is 3.47. The lowest BCUT2D eigenvalue weighted by molar-refractivity contribution is 0.0691. The van der Waals surface area contributed by atoms with Crippen LogP contribution in [-0.4, -0.2) is 21.0 Å². The van der Waals surface area contributed by atoms with E-state index in [-0.39, 0.29) is 5.69 Å². The van der Waals surface area contributed by atoms with Gasteiger partial charge in [0.25, 0.3) is 0 Å². The number of hydrogen-bond donors (Lipinski definition) is 2. The lowest BCUT2D eigenvalue weighted by atomic mass is 10.1. The molecule has 0 saturated carbocycles. The molecule has 0 unspecified atom stereocenters. The van der Waals surface area contributed by atoms with E-state index in [0.29, 0.717) is 12.4 Å². The maximum Gasteiger partial charge on any atom is 0.354 e. The fourth-order valence-electron chi connectivity index (χ4n) is 2.13. The first-order valence-electron chi connectivity index (χ1n) is 6.50. The van der Waals surface area contributed by atoms with Crippen molar-refractivity contribution in [3.8, 4) is 0 Å². The predicted octanol–water partition coefficient (Wildman–Crippen LogP) is 2.94. The number of pyridine rings is 2. The van der Waals surface area contributed by atoms with Gasteiger partial charge in [-0.15, -0.1) is 0 Å². The van der Waals surface area contributed by atoms with Crippen LogP contribution >= 0.6 is 0 Å². The number of fused-ring (bicyclic) bond motifs is 1. The number of anilines is 1. The third-order valence-electron chi connectivity index (χ3n) is 3.14. The Kier molecular flexibility index (Phi) is 3.47. The first kappa shape index (κ1) is 13.1. The Morgan fingerprint density at radius 3 is 2.81 bits per heavy atom. The number of aromatic carboxylic acids is 1. The van der Waals surface area contributed by atoms with Crippen molar-refractivity contribution in [2.24, 2.45) is 0 Å². The van der Waals surface area contributed by atoms with E-state index >= 15 is 0 Å². The number of carboxylic acids is 1. The molecule has 0 atom stereocenters. The van der Waals surface area contributed by atoms with Crippen LogP contribution in [0.15, 0.2) is 54.9 Å². The van der Waals surface area contributed by atoms with Crippen LogP contribution in [0.25, 0.3) is 10.8 Å². The van der Waals surface area contributed by atoms with Crippen LogP contribution in [0.4, 0.5) is 5.82 Å². The molecule has 0 fully saturated rings. The summed E-state index contributed by atoms with van der Waals surface area (Å²) in [5.74, 6) is -0.473. The van der Waals surface area contributed by atoms with Crippen LogP contribution in [-0.2, 0) is 6.54 Å². The van der Waals surface area contributed by atoms with E-state index in [4.69, 9.17) is 5.11 Å². The van der Waals surface area contributed by atoms with E-state index in [1.807, 2.05) is 36.4 Å². The van der Waals surface area contributed by atoms with Crippen molar-refractivity contribution in [2.45, 2.75) is 6.54 Å². The Balaban J connectivity index is 1.98. The molecule has 2 aromatic heterocycles. The van der Waals surface area contributed by atoms with Crippen LogP contribution in [0.2, 0.25) is 0 Å². The van der Waals surface area contributed by atoms with Crippen molar-refractivity contribution >= 4 is 22.6 Å². The molecule has 0 spiro atoms. The molecule has 0 aliphatic heterocycles. The van der Waals surface area contributed by atoms with Gasteiger partial charge in [-0.25, -0.2) is 9.78 Å². The van der Waals surface area contributed by atoms with Gasteiger partial charge >= 0.3 is 5.97 Å². The molecular formula is C16H13N3O2. The fraction of sp³-hybridized carbons (Fsp3) is 0.0625. The maximum absolute atomic E-state index is 11.2. The smallest absolute Gasteiger partial charge is 0.354 e. The summed E-state index contributed by atoms with van der Waals surface area (Å²) in [4.78, 5) is 19.4. The average molecular weight is 279 g/mol. The molecule has 1 aromatic carbocycles. The number of aromatic nitrogens is 2. The van der Waals surface area contributed by atoms with Gasteiger partial charge in [-0.05, 0) is 23.1 Å². The number of hydrogen-bond acceptors (Lipinski definition) is 4. The molecule has 2 heterocycles. The summed E-state index contributed by atoms with van der Waals surface area (Å²) in [6.45, 7) is 0.536. The van der Waals surface area contributed by atoms with Crippen LogP contribution in [0.5, 0.6) is 0 Å². The lowest BCUT2D eigenvalue weighted by Crippen LogP contribution is -2.07. The Labute approximate surface area is 121 Å². The highest BCUT2D eigenvalue weighted by atomic mass is 16.4. The van der Waals surface area contributed by atoms with Crippen molar-refractivity contribution in [2.75, 3.05) is 5.32 Å². The summed E-state index contributed by atoms with van der Waals surface area (Å²) in [7, 11) is 0. The maximum atomic E-state index is 11.2. The monoisotopic (exact) mass is 279 g/mol. The van der Waals surface area contributed by atoms with E-state index < -0.39 is 5.97 Å². The van der Waals surface area contributed by atoms with E-state index in [0.717, 1.165) is 16.3 Å². The normalized spacial score (nSPS) is 10.5. The molecule has 0 radical (unpaired) electrons. The zero-order chi connectivity index (χ0) is 14.7. The predicted molar refractivity (Wildman–Crippen MR) is 80.3 cm³/mol. The summed E-state index contributed by atoms with van der Waals surface area (Å²) in [5.41, 5.74) is 1.03. The van der Waals surface area contributed by atoms with Gasteiger partial charge in [-0.3, -0.25) is 4.98 Å². The quantitative estimate of drug-likeness (QED) is 0.768. The standard InChI is InChI=1S/C16H13N3O2/c20-16(21)14-8-12-5-1-2-6-13(12)15(19-14)18-10-11-4-3-7-17-9-11/h1-9H,10H2,(H,18,19)(H,20,21). The highest BCUT2D eigenvalue weighted by Gasteiger charge is 2.10. The minimum atomic E-state index is -1.04. The molecule has 0 aliphatic carbocycles. The number of nitrogens with zero attached hydrogens (tertiary/aromatic N) is 2. The highest BCUT2D eigenvalue weighted by molar-refractivity contribution is 5.97. The van der Waals surface area contributed by atoms with Crippen LogP contribution in [0, 0.1) is 0 Å². The number of carboxylic acid groups (broad SMARTS) is 1. The van der Waals surface area contributed by atoms with Crippen LogP contribution in [0.1, 0.15) is 16.1 Å². The first-order chi connectivity index (χ1) is 10.2. The summed E-state index contributed by atoms with van der Waals surface area (Å²) in [6, 6.07) is 12.9. The molecule has 2 N–H and O–H groups in total. The van der Waals surface area contributed by atoms with Gasteiger partial charge in [0.15, 0.2) is 5.69 Å².